The van der Waals surface area contributed by atoms with Crippen LogP contribution in [0.15, 0.2) is 0 Å². The van der Waals surface area contributed by atoms with E-state index in [4.69, 9.17) is 9.84 Å². The predicted molar refractivity (Wildman–Crippen MR) is 144 cm³/mol. The van der Waals surface area contributed by atoms with Gasteiger partial charge < -0.3 is 9.84 Å². The molecular formula is C30H60O3. The molecule has 0 aromatic rings. The van der Waals surface area contributed by atoms with Gasteiger partial charge in [0.15, 0.2) is 0 Å². The Bertz CT molecular complexity index is 383. The van der Waals surface area contributed by atoms with E-state index in [2.05, 4.69) is 13.8 Å². The molecule has 3 nitrogen and oxygen atoms in total. The maximum atomic E-state index is 12.0. The molecule has 0 bridgehead atoms. The highest BCUT2D eigenvalue weighted by molar-refractivity contribution is 5.69. The fourth-order valence-electron chi connectivity index (χ4n) is 4.59. The summed E-state index contributed by atoms with van der Waals surface area (Å²) in [5, 5.41) is 8.76. The zero-order valence-corrected chi connectivity index (χ0v) is 22.7. The van der Waals surface area contributed by atoms with E-state index in [1.165, 1.54) is 128 Å². The largest absolute Gasteiger partial charge is 0.463 e. The van der Waals surface area contributed by atoms with Crippen LogP contribution in [0.3, 0.4) is 0 Å². The number of rotatable bonds is 27. The van der Waals surface area contributed by atoms with Crippen molar-refractivity contribution in [2.24, 2.45) is 0 Å². The quantitative estimate of drug-likeness (QED) is 0.0963. The van der Waals surface area contributed by atoms with E-state index in [9.17, 15) is 4.79 Å². The molecule has 0 radical (unpaired) electrons. The molecule has 0 rings (SSSR count). The lowest BCUT2D eigenvalue weighted by Crippen LogP contribution is -2.14. The van der Waals surface area contributed by atoms with Crippen molar-refractivity contribution in [3.05, 3.63) is 0 Å². The second-order valence-electron chi connectivity index (χ2n) is 10.3. The number of ether oxygens (including phenoxy) is 1. The Morgan fingerprint density at radius 2 is 0.939 bits per heavy atom. The highest BCUT2D eigenvalue weighted by atomic mass is 16.5. The van der Waals surface area contributed by atoms with E-state index < -0.39 is 0 Å². The molecule has 0 aliphatic carbocycles. The molecule has 1 N–H and O–H groups in total. The molecule has 0 saturated carbocycles. The fraction of sp³-hybridized carbons (Fsp3) is 0.967. The van der Waals surface area contributed by atoms with Gasteiger partial charge in [0.25, 0.3) is 0 Å². The number of aliphatic hydroxyl groups is 1. The second-order valence-corrected chi connectivity index (χ2v) is 10.3. The van der Waals surface area contributed by atoms with Crippen molar-refractivity contribution in [2.45, 2.75) is 180 Å². The van der Waals surface area contributed by atoms with E-state index in [0.717, 1.165) is 25.7 Å². The zero-order valence-electron chi connectivity index (χ0n) is 22.7. The van der Waals surface area contributed by atoms with E-state index in [0.29, 0.717) is 13.0 Å². The van der Waals surface area contributed by atoms with Gasteiger partial charge in [-0.05, 0) is 32.6 Å². The van der Waals surface area contributed by atoms with Crippen molar-refractivity contribution < 1.29 is 14.6 Å². The van der Waals surface area contributed by atoms with Gasteiger partial charge in [0.2, 0.25) is 0 Å². The van der Waals surface area contributed by atoms with Crippen LogP contribution in [0.25, 0.3) is 0 Å². The highest BCUT2D eigenvalue weighted by Gasteiger charge is 2.09. The topological polar surface area (TPSA) is 46.5 Å². The van der Waals surface area contributed by atoms with Crippen molar-refractivity contribution in [3.8, 4) is 0 Å². The van der Waals surface area contributed by atoms with E-state index in [1.54, 1.807) is 0 Å². The Labute approximate surface area is 207 Å². The minimum atomic E-state index is 0.00400. The number of unbranched alkanes of at least 4 members (excludes halogenated alkanes) is 21. The highest BCUT2D eigenvalue weighted by Crippen LogP contribution is 2.15. The zero-order chi connectivity index (χ0) is 24.2. The molecule has 0 heterocycles. The number of hydrogen-bond acceptors (Lipinski definition) is 3. The van der Waals surface area contributed by atoms with Crippen molar-refractivity contribution >= 4 is 5.97 Å². The summed E-state index contributed by atoms with van der Waals surface area (Å²) in [5.74, 6) is 0.00400. The van der Waals surface area contributed by atoms with E-state index in [-0.39, 0.29) is 12.1 Å². The Kier molecular flexibility index (Phi) is 27.2. The predicted octanol–water partition coefficient (Wildman–Crippen LogP) is 9.68. The summed E-state index contributed by atoms with van der Waals surface area (Å²) in [6.45, 7) is 4.67. The second kappa shape index (κ2) is 27.7. The van der Waals surface area contributed by atoms with Crippen LogP contribution in [0.4, 0.5) is 0 Å². The number of esters is 1. The molecule has 33 heavy (non-hydrogen) atoms. The summed E-state index contributed by atoms with van der Waals surface area (Å²) >= 11 is 0. The minimum absolute atomic E-state index is 0.00400. The van der Waals surface area contributed by atoms with Crippen LogP contribution in [0.5, 0.6) is 0 Å². The fourth-order valence-corrected chi connectivity index (χ4v) is 4.59. The van der Waals surface area contributed by atoms with Gasteiger partial charge in [-0.3, -0.25) is 4.79 Å². The van der Waals surface area contributed by atoms with Gasteiger partial charge >= 0.3 is 5.97 Å². The normalized spacial score (nSPS) is 12.2. The number of carbonyl (C=O) groups is 1. The lowest BCUT2D eigenvalue weighted by atomic mass is 10.0. The Hall–Kier alpha value is -0.570. The van der Waals surface area contributed by atoms with Gasteiger partial charge in [-0.15, -0.1) is 0 Å². The molecular weight excluding hydrogens is 408 g/mol. The van der Waals surface area contributed by atoms with E-state index in [1.807, 2.05) is 0 Å². The molecule has 0 saturated heterocycles. The van der Waals surface area contributed by atoms with Gasteiger partial charge in [0.1, 0.15) is 0 Å². The Morgan fingerprint density at radius 3 is 1.36 bits per heavy atom. The number of hydrogen-bond donors (Lipinski definition) is 1. The third kappa shape index (κ3) is 27.6. The molecule has 0 aliphatic rings. The average Bonchev–Trinajstić information content (AvgIpc) is 2.80. The lowest BCUT2D eigenvalue weighted by molar-refractivity contribution is -0.148. The lowest BCUT2D eigenvalue weighted by Gasteiger charge is -2.13. The molecule has 0 aromatic heterocycles. The molecule has 0 amide bonds. The summed E-state index contributed by atoms with van der Waals surface area (Å²) < 4.78 is 5.60. The monoisotopic (exact) mass is 468 g/mol. The van der Waals surface area contributed by atoms with Crippen LogP contribution in [0.2, 0.25) is 0 Å². The summed E-state index contributed by atoms with van der Waals surface area (Å²) in [5.41, 5.74) is 0. The van der Waals surface area contributed by atoms with Crippen LogP contribution in [0, 0.1) is 0 Å². The van der Waals surface area contributed by atoms with Crippen LogP contribution >= 0.6 is 0 Å². The first-order valence-electron chi connectivity index (χ1n) is 15.0. The van der Waals surface area contributed by atoms with Gasteiger partial charge in [-0.1, -0.05) is 135 Å². The smallest absolute Gasteiger partial charge is 0.306 e. The average molecular weight is 469 g/mol. The Balaban J connectivity index is 3.29. The minimum Gasteiger partial charge on any atom is -0.463 e. The van der Waals surface area contributed by atoms with Crippen LogP contribution < -0.4 is 0 Å². The van der Waals surface area contributed by atoms with Crippen molar-refractivity contribution in [1.29, 1.82) is 0 Å². The van der Waals surface area contributed by atoms with Crippen LogP contribution in [-0.2, 0) is 9.53 Å². The Morgan fingerprint density at radius 1 is 0.576 bits per heavy atom. The van der Waals surface area contributed by atoms with Crippen LogP contribution in [0.1, 0.15) is 174 Å². The molecule has 0 aromatic carbocycles. The van der Waals surface area contributed by atoms with Gasteiger partial charge in [0, 0.05) is 13.0 Å². The molecule has 0 spiro atoms. The van der Waals surface area contributed by atoms with Gasteiger partial charge in [0.05, 0.1) is 6.10 Å². The first-order chi connectivity index (χ1) is 16.2. The summed E-state index contributed by atoms with van der Waals surface area (Å²) in [4.78, 5) is 12.0. The molecule has 0 fully saturated rings. The molecule has 0 aliphatic heterocycles. The van der Waals surface area contributed by atoms with E-state index >= 15 is 0 Å². The molecule has 198 valence electrons. The third-order valence-corrected chi connectivity index (χ3v) is 6.84. The molecule has 1 atom stereocenters. The molecule has 1 unspecified atom stereocenters. The SMILES string of the molecule is CCCCCCCCCCCCCCC(C)OC(=O)CCCCCCCCCCCCCO. The van der Waals surface area contributed by atoms with Crippen molar-refractivity contribution in [2.75, 3.05) is 6.61 Å². The summed E-state index contributed by atoms with van der Waals surface area (Å²) in [6.07, 6.45) is 31.5. The standard InChI is InChI=1S/C30H60O3/c1-3-4-5-6-7-8-9-11-14-17-20-23-26-29(2)33-30(32)27-24-21-18-15-12-10-13-16-19-22-25-28-31/h29,31H,3-28H2,1-2H3. The first-order valence-corrected chi connectivity index (χ1v) is 15.0. The van der Waals surface area contributed by atoms with Gasteiger partial charge in [-0.25, -0.2) is 0 Å². The van der Waals surface area contributed by atoms with Gasteiger partial charge in [-0.2, -0.15) is 0 Å². The number of aliphatic hydroxyl groups excluding tert-OH is 1. The number of carbonyl (C=O) groups excluding carboxylic acids is 1. The third-order valence-electron chi connectivity index (χ3n) is 6.84. The van der Waals surface area contributed by atoms with Crippen LogP contribution in [-0.4, -0.2) is 23.8 Å². The maximum absolute atomic E-state index is 12.0. The maximum Gasteiger partial charge on any atom is 0.306 e. The summed E-state index contributed by atoms with van der Waals surface area (Å²) in [6, 6.07) is 0. The summed E-state index contributed by atoms with van der Waals surface area (Å²) in [7, 11) is 0. The van der Waals surface area contributed by atoms with Crippen molar-refractivity contribution in [1.82, 2.24) is 0 Å². The van der Waals surface area contributed by atoms with Crippen molar-refractivity contribution in [3.63, 3.8) is 0 Å². The first kappa shape index (κ1) is 32.4. The molecule has 3 heteroatoms.